The van der Waals surface area contributed by atoms with Gasteiger partial charge in [0, 0.05) is 37.0 Å². The van der Waals surface area contributed by atoms with Crippen LogP contribution in [0.4, 0.5) is 11.4 Å². The summed E-state index contributed by atoms with van der Waals surface area (Å²) in [5, 5.41) is 0. The van der Waals surface area contributed by atoms with E-state index in [4.69, 9.17) is 9.47 Å². The highest BCUT2D eigenvalue weighted by atomic mass is 16.6. The fourth-order valence-electron chi connectivity index (χ4n) is 4.31. The molecule has 0 bridgehead atoms. The minimum absolute atomic E-state index is 0.0275. The number of fused-ring (bicyclic) bond motifs is 2. The standard InChI is InChI=1S/C22H22N2O4/c25-21-12-16(22(26)23-9-3-5-15-4-1-2-6-18(15)23)14-24(21)17-7-8-19-20(13-17)28-11-10-27-19/h1-2,4,6-8,13,16H,3,5,9-12,14H2. The van der Waals surface area contributed by atoms with Crippen molar-refractivity contribution in [3.05, 3.63) is 48.0 Å². The van der Waals surface area contributed by atoms with Gasteiger partial charge in [0.25, 0.3) is 0 Å². The van der Waals surface area contributed by atoms with Gasteiger partial charge in [-0.2, -0.15) is 0 Å². The molecule has 2 aromatic carbocycles. The van der Waals surface area contributed by atoms with Gasteiger partial charge in [0.2, 0.25) is 11.8 Å². The molecule has 6 heteroatoms. The van der Waals surface area contributed by atoms with Gasteiger partial charge in [-0.3, -0.25) is 9.59 Å². The highest BCUT2D eigenvalue weighted by Crippen LogP contribution is 2.37. The van der Waals surface area contributed by atoms with E-state index < -0.39 is 0 Å². The molecule has 0 aliphatic carbocycles. The summed E-state index contributed by atoms with van der Waals surface area (Å²) in [7, 11) is 0. The van der Waals surface area contributed by atoms with E-state index in [9.17, 15) is 9.59 Å². The normalized spacial score (nSPS) is 20.9. The van der Waals surface area contributed by atoms with Gasteiger partial charge in [0.1, 0.15) is 13.2 Å². The molecule has 1 fully saturated rings. The number of carbonyl (C=O) groups is 2. The SMILES string of the molecule is O=C1CC(C(=O)N2CCCc3ccccc32)CN1c1ccc2c(c1)OCCO2. The number of para-hydroxylation sites is 1. The van der Waals surface area contributed by atoms with E-state index in [-0.39, 0.29) is 24.2 Å². The molecule has 3 aliphatic rings. The maximum Gasteiger partial charge on any atom is 0.232 e. The van der Waals surface area contributed by atoms with Crippen molar-refractivity contribution in [1.82, 2.24) is 0 Å². The van der Waals surface area contributed by atoms with Gasteiger partial charge >= 0.3 is 0 Å². The lowest BCUT2D eigenvalue weighted by Gasteiger charge is -2.31. The first kappa shape index (κ1) is 17.1. The van der Waals surface area contributed by atoms with Gasteiger partial charge in [0.15, 0.2) is 11.5 Å². The molecular weight excluding hydrogens is 356 g/mol. The molecule has 0 radical (unpaired) electrons. The van der Waals surface area contributed by atoms with Crippen LogP contribution in [0.5, 0.6) is 11.5 Å². The Labute approximate surface area is 163 Å². The maximum absolute atomic E-state index is 13.2. The molecule has 1 unspecified atom stereocenters. The number of hydrogen-bond acceptors (Lipinski definition) is 4. The largest absolute Gasteiger partial charge is 0.486 e. The number of nitrogens with zero attached hydrogens (tertiary/aromatic N) is 2. The Hall–Kier alpha value is -3.02. The van der Waals surface area contributed by atoms with Crippen molar-refractivity contribution in [2.75, 3.05) is 36.1 Å². The molecule has 1 atom stereocenters. The number of ether oxygens (including phenoxy) is 2. The number of carbonyl (C=O) groups excluding carboxylic acids is 2. The van der Waals surface area contributed by atoms with Crippen LogP contribution in [0, 0.1) is 5.92 Å². The third-order valence-corrected chi connectivity index (χ3v) is 5.69. The van der Waals surface area contributed by atoms with Crippen molar-refractivity contribution in [1.29, 1.82) is 0 Å². The molecule has 1 saturated heterocycles. The Morgan fingerprint density at radius 3 is 2.75 bits per heavy atom. The lowest BCUT2D eigenvalue weighted by molar-refractivity contribution is -0.124. The lowest BCUT2D eigenvalue weighted by Crippen LogP contribution is -2.40. The second-order valence-corrected chi connectivity index (χ2v) is 7.46. The fraction of sp³-hybridized carbons (Fsp3) is 0.364. The van der Waals surface area contributed by atoms with Crippen LogP contribution >= 0.6 is 0 Å². The fourth-order valence-corrected chi connectivity index (χ4v) is 4.31. The van der Waals surface area contributed by atoms with Crippen molar-refractivity contribution < 1.29 is 19.1 Å². The van der Waals surface area contributed by atoms with E-state index in [0.717, 1.165) is 24.2 Å². The number of rotatable bonds is 2. The molecular formula is C22H22N2O4. The second kappa shape index (κ2) is 6.86. The Balaban J connectivity index is 1.36. The van der Waals surface area contributed by atoms with Crippen LogP contribution in [0.3, 0.4) is 0 Å². The zero-order valence-corrected chi connectivity index (χ0v) is 15.6. The molecule has 5 rings (SSSR count). The summed E-state index contributed by atoms with van der Waals surface area (Å²) in [6, 6.07) is 13.6. The molecule has 144 valence electrons. The van der Waals surface area contributed by atoms with E-state index in [1.807, 2.05) is 41.3 Å². The molecule has 6 nitrogen and oxygen atoms in total. The lowest BCUT2D eigenvalue weighted by atomic mass is 9.99. The minimum Gasteiger partial charge on any atom is -0.486 e. The highest BCUT2D eigenvalue weighted by Gasteiger charge is 2.38. The van der Waals surface area contributed by atoms with E-state index in [0.29, 0.717) is 37.8 Å². The van der Waals surface area contributed by atoms with Gasteiger partial charge < -0.3 is 19.3 Å². The molecule has 0 N–H and O–H groups in total. The first-order valence-electron chi connectivity index (χ1n) is 9.80. The van der Waals surface area contributed by atoms with Crippen LogP contribution < -0.4 is 19.3 Å². The Morgan fingerprint density at radius 2 is 1.86 bits per heavy atom. The van der Waals surface area contributed by atoms with Crippen molar-refractivity contribution in [3.8, 4) is 11.5 Å². The van der Waals surface area contributed by atoms with Crippen LogP contribution in [-0.4, -0.2) is 38.1 Å². The summed E-state index contributed by atoms with van der Waals surface area (Å²) in [6.07, 6.45) is 2.19. The topological polar surface area (TPSA) is 59.1 Å². The van der Waals surface area contributed by atoms with Gasteiger partial charge in [-0.15, -0.1) is 0 Å². The third kappa shape index (κ3) is 2.89. The summed E-state index contributed by atoms with van der Waals surface area (Å²) in [5.41, 5.74) is 2.95. The van der Waals surface area contributed by atoms with Crippen molar-refractivity contribution in [3.63, 3.8) is 0 Å². The smallest absolute Gasteiger partial charge is 0.232 e. The highest BCUT2D eigenvalue weighted by molar-refractivity contribution is 6.05. The average Bonchev–Trinajstić information content (AvgIpc) is 3.14. The number of aryl methyl sites for hydroxylation is 1. The Kier molecular flexibility index (Phi) is 4.19. The molecule has 3 aliphatic heterocycles. The zero-order chi connectivity index (χ0) is 19.1. The van der Waals surface area contributed by atoms with E-state index in [2.05, 4.69) is 6.07 Å². The van der Waals surface area contributed by atoms with Crippen molar-refractivity contribution >= 4 is 23.2 Å². The number of amides is 2. The van der Waals surface area contributed by atoms with Gasteiger partial charge in [0.05, 0.1) is 5.92 Å². The second-order valence-electron chi connectivity index (χ2n) is 7.46. The average molecular weight is 378 g/mol. The molecule has 2 amide bonds. The number of hydrogen-bond donors (Lipinski definition) is 0. The predicted octanol–water partition coefficient (Wildman–Crippen LogP) is 2.79. The van der Waals surface area contributed by atoms with Crippen LogP contribution in [0.15, 0.2) is 42.5 Å². The minimum atomic E-state index is -0.327. The summed E-state index contributed by atoms with van der Waals surface area (Å²) in [6.45, 7) is 2.14. The monoisotopic (exact) mass is 378 g/mol. The first-order chi connectivity index (χ1) is 13.7. The van der Waals surface area contributed by atoms with E-state index >= 15 is 0 Å². The summed E-state index contributed by atoms with van der Waals surface area (Å²) < 4.78 is 11.2. The molecule has 0 spiro atoms. The zero-order valence-electron chi connectivity index (χ0n) is 15.6. The first-order valence-corrected chi connectivity index (χ1v) is 9.80. The molecule has 3 heterocycles. The van der Waals surface area contributed by atoms with Gasteiger partial charge in [-0.25, -0.2) is 0 Å². The number of anilines is 2. The van der Waals surface area contributed by atoms with Crippen LogP contribution in [0.2, 0.25) is 0 Å². The van der Waals surface area contributed by atoms with Crippen LogP contribution in [0.25, 0.3) is 0 Å². The van der Waals surface area contributed by atoms with Crippen LogP contribution in [0.1, 0.15) is 18.4 Å². The third-order valence-electron chi connectivity index (χ3n) is 5.69. The molecule has 0 aromatic heterocycles. The quantitative estimate of drug-likeness (QED) is 0.806. The van der Waals surface area contributed by atoms with Gasteiger partial charge in [-0.1, -0.05) is 18.2 Å². The van der Waals surface area contributed by atoms with Crippen molar-refractivity contribution in [2.24, 2.45) is 5.92 Å². The molecule has 0 saturated carbocycles. The summed E-state index contributed by atoms with van der Waals surface area (Å²) >= 11 is 0. The van der Waals surface area contributed by atoms with Crippen LogP contribution in [-0.2, 0) is 16.0 Å². The maximum atomic E-state index is 13.2. The van der Waals surface area contributed by atoms with Gasteiger partial charge in [-0.05, 0) is 36.6 Å². The summed E-state index contributed by atoms with van der Waals surface area (Å²) in [5.74, 6) is 1.03. The van der Waals surface area contributed by atoms with E-state index in [1.54, 1.807) is 4.90 Å². The van der Waals surface area contributed by atoms with E-state index in [1.165, 1.54) is 5.56 Å². The van der Waals surface area contributed by atoms with Crippen molar-refractivity contribution in [2.45, 2.75) is 19.3 Å². The Bertz CT molecular complexity index is 942. The summed E-state index contributed by atoms with van der Waals surface area (Å²) in [4.78, 5) is 29.4. The molecule has 28 heavy (non-hydrogen) atoms. The number of benzene rings is 2. The predicted molar refractivity (Wildman–Crippen MR) is 105 cm³/mol. The Morgan fingerprint density at radius 1 is 1.04 bits per heavy atom. The molecule has 2 aromatic rings.